The van der Waals surface area contributed by atoms with Gasteiger partial charge in [0.2, 0.25) is 0 Å². The first kappa shape index (κ1) is 14.4. The van der Waals surface area contributed by atoms with Gasteiger partial charge in [-0.1, -0.05) is 38.5 Å². The van der Waals surface area contributed by atoms with Gasteiger partial charge in [-0.3, -0.25) is 9.67 Å². The summed E-state index contributed by atoms with van der Waals surface area (Å²) >= 11 is 1.91. The zero-order valence-corrected chi connectivity index (χ0v) is 13.1. The summed E-state index contributed by atoms with van der Waals surface area (Å²) in [5.74, 6) is 0.785. The summed E-state index contributed by atoms with van der Waals surface area (Å²) in [6, 6.07) is 0. The highest BCUT2D eigenvalue weighted by Gasteiger charge is 2.25. The molecule has 0 aromatic carbocycles. The van der Waals surface area contributed by atoms with Crippen molar-refractivity contribution in [2.75, 3.05) is 6.54 Å². The van der Waals surface area contributed by atoms with Crippen LogP contribution in [0.1, 0.15) is 37.9 Å². The van der Waals surface area contributed by atoms with E-state index in [1.165, 1.54) is 18.4 Å². The van der Waals surface area contributed by atoms with Gasteiger partial charge >= 0.3 is 0 Å². The molecule has 0 aliphatic carbocycles. The molecule has 2 heterocycles. The molecule has 1 aromatic heterocycles. The predicted octanol–water partition coefficient (Wildman–Crippen LogP) is 2.73. The van der Waals surface area contributed by atoms with Gasteiger partial charge in [0.25, 0.3) is 0 Å². The summed E-state index contributed by atoms with van der Waals surface area (Å²) in [5.41, 5.74) is 2.34. The van der Waals surface area contributed by atoms with Gasteiger partial charge in [-0.15, -0.1) is 0 Å². The number of hydrogen-bond acceptors (Lipinski definition) is 4. The van der Waals surface area contributed by atoms with Crippen LogP contribution in [-0.2, 0) is 13.6 Å². The van der Waals surface area contributed by atoms with Gasteiger partial charge in [-0.05, 0) is 12.8 Å². The molecule has 4 nitrogen and oxygen atoms in total. The van der Waals surface area contributed by atoms with Gasteiger partial charge in [0, 0.05) is 30.6 Å². The largest absolute Gasteiger partial charge is 0.361 e. The van der Waals surface area contributed by atoms with Gasteiger partial charge in [0.05, 0.1) is 12.2 Å². The van der Waals surface area contributed by atoms with Gasteiger partial charge in [0.15, 0.2) is 5.17 Å². The van der Waals surface area contributed by atoms with Crippen molar-refractivity contribution < 1.29 is 0 Å². The van der Waals surface area contributed by atoms with Crippen LogP contribution in [-0.4, -0.2) is 26.7 Å². The molecule has 2 rings (SSSR count). The number of nitrogens with zero attached hydrogens (tertiary/aromatic N) is 3. The smallest absolute Gasteiger partial charge is 0.157 e. The van der Waals surface area contributed by atoms with Crippen LogP contribution in [0.15, 0.2) is 11.2 Å². The molecule has 0 radical (unpaired) electrons. The van der Waals surface area contributed by atoms with E-state index in [0.29, 0.717) is 5.25 Å². The standard InChI is InChI=1S/C14H24N4S/c1-5-11(6-2)13-8-16-14(19-13)15-7-12-9-18(4)17-10(12)3/h9,11,13H,5-8H2,1-4H3,(H,15,16). The summed E-state index contributed by atoms with van der Waals surface area (Å²) in [7, 11) is 1.96. The quantitative estimate of drug-likeness (QED) is 0.902. The minimum absolute atomic E-state index is 0.660. The lowest BCUT2D eigenvalue weighted by Crippen LogP contribution is -2.21. The maximum absolute atomic E-state index is 4.63. The average molecular weight is 280 g/mol. The molecule has 0 fully saturated rings. The molecule has 0 amide bonds. The fourth-order valence-electron chi connectivity index (χ4n) is 2.54. The van der Waals surface area contributed by atoms with E-state index in [4.69, 9.17) is 0 Å². The lowest BCUT2D eigenvalue weighted by Gasteiger charge is -2.18. The molecule has 19 heavy (non-hydrogen) atoms. The lowest BCUT2D eigenvalue weighted by atomic mass is 9.99. The van der Waals surface area contributed by atoms with E-state index in [9.17, 15) is 0 Å². The molecule has 0 saturated heterocycles. The SMILES string of the molecule is CCC(CC)C1CN=C(NCc2cn(C)nc2C)S1. The maximum Gasteiger partial charge on any atom is 0.157 e. The molecule has 1 atom stereocenters. The van der Waals surface area contributed by atoms with E-state index in [-0.39, 0.29) is 0 Å². The number of aliphatic imine (C=N–C) groups is 1. The van der Waals surface area contributed by atoms with Crippen molar-refractivity contribution >= 4 is 16.9 Å². The van der Waals surface area contributed by atoms with Gasteiger partial charge in [-0.2, -0.15) is 5.10 Å². The minimum atomic E-state index is 0.660. The van der Waals surface area contributed by atoms with Crippen molar-refractivity contribution in [1.82, 2.24) is 15.1 Å². The number of rotatable bonds is 5. The Morgan fingerprint density at radius 3 is 2.79 bits per heavy atom. The molecule has 5 heteroatoms. The first-order valence-corrected chi connectivity index (χ1v) is 7.96. The normalized spacial score (nSPS) is 19.0. The van der Waals surface area contributed by atoms with Crippen LogP contribution in [0.5, 0.6) is 0 Å². The summed E-state index contributed by atoms with van der Waals surface area (Å²) in [4.78, 5) is 4.63. The Balaban J connectivity index is 1.84. The van der Waals surface area contributed by atoms with Crippen molar-refractivity contribution in [2.45, 2.75) is 45.4 Å². The first-order chi connectivity index (χ1) is 9.13. The molecule has 1 aliphatic rings. The first-order valence-electron chi connectivity index (χ1n) is 7.08. The highest BCUT2D eigenvalue weighted by molar-refractivity contribution is 8.14. The van der Waals surface area contributed by atoms with Crippen molar-refractivity contribution in [1.29, 1.82) is 0 Å². The summed E-state index contributed by atoms with van der Waals surface area (Å²) in [6.07, 6.45) is 4.57. The Kier molecular flexibility index (Phi) is 4.91. The van der Waals surface area contributed by atoms with Gasteiger partial charge < -0.3 is 5.32 Å². The minimum Gasteiger partial charge on any atom is -0.361 e. The van der Waals surface area contributed by atoms with Crippen LogP contribution in [0.3, 0.4) is 0 Å². The Bertz CT molecular complexity index is 448. The highest BCUT2D eigenvalue weighted by atomic mass is 32.2. The fourth-order valence-corrected chi connectivity index (χ4v) is 3.86. The van der Waals surface area contributed by atoms with Crippen LogP contribution >= 0.6 is 11.8 Å². The summed E-state index contributed by atoms with van der Waals surface area (Å²) in [5, 5.41) is 9.56. The number of thioether (sulfide) groups is 1. The third kappa shape index (κ3) is 3.53. The van der Waals surface area contributed by atoms with E-state index in [0.717, 1.165) is 29.9 Å². The molecule has 1 aromatic rings. The zero-order valence-electron chi connectivity index (χ0n) is 12.3. The Hall–Kier alpha value is -0.970. The second kappa shape index (κ2) is 6.46. The Morgan fingerprint density at radius 1 is 1.47 bits per heavy atom. The third-order valence-corrected chi connectivity index (χ3v) is 5.13. The Labute approximate surface area is 120 Å². The molecular weight excluding hydrogens is 256 g/mol. The number of hydrogen-bond donors (Lipinski definition) is 1. The second-order valence-corrected chi connectivity index (χ2v) is 6.37. The number of aromatic nitrogens is 2. The van der Waals surface area contributed by atoms with E-state index in [1.54, 1.807) is 0 Å². The monoisotopic (exact) mass is 280 g/mol. The second-order valence-electron chi connectivity index (χ2n) is 5.15. The van der Waals surface area contributed by atoms with Crippen LogP contribution < -0.4 is 5.32 Å². The highest BCUT2D eigenvalue weighted by Crippen LogP contribution is 2.30. The van der Waals surface area contributed by atoms with Crippen molar-refractivity contribution in [2.24, 2.45) is 18.0 Å². The Morgan fingerprint density at radius 2 is 2.21 bits per heavy atom. The molecule has 106 valence electrons. The van der Waals surface area contributed by atoms with Crippen LogP contribution in [0.25, 0.3) is 0 Å². The van der Waals surface area contributed by atoms with Crippen LogP contribution in [0.2, 0.25) is 0 Å². The van der Waals surface area contributed by atoms with Crippen molar-refractivity contribution in [3.05, 3.63) is 17.5 Å². The van der Waals surface area contributed by atoms with E-state index in [2.05, 4.69) is 35.5 Å². The van der Waals surface area contributed by atoms with E-state index < -0.39 is 0 Å². The molecular formula is C14H24N4S. The fraction of sp³-hybridized carbons (Fsp3) is 0.714. The number of aryl methyl sites for hydroxylation is 2. The lowest BCUT2D eigenvalue weighted by molar-refractivity contribution is 0.479. The zero-order chi connectivity index (χ0) is 13.8. The molecule has 1 unspecified atom stereocenters. The number of nitrogens with one attached hydrogen (secondary N) is 1. The summed E-state index contributed by atoms with van der Waals surface area (Å²) < 4.78 is 1.86. The van der Waals surface area contributed by atoms with E-state index in [1.807, 2.05) is 30.4 Å². The topological polar surface area (TPSA) is 42.2 Å². The van der Waals surface area contributed by atoms with Crippen molar-refractivity contribution in [3.63, 3.8) is 0 Å². The van der Waals surface area contributed by atoms with Crippen LogP contribution in [0.4, 0.5) is 0 Å². The average Bonchev–Trinajstić information content (AvgIpc) is 2.96. The number of amidine groups is 1. The molecule has 1 aliphatic heterocycles. The maximum atomic E-state index is 4.63. The summed E-state index contributed by atoms with van der Waals surface area (Å²) in [6.45, 7) is 8.39. The van der Waals surface area contributed by atoms with Gasteiger partial charge in [-0.25, -0.2) is 0 Å². The van der Waals surface area contributed by atoms with Crippen LogP contribution in [0, 0.1) is 12.8 Å². The molecule has 0 bridgehead atoms. The van der Waals surface area contributed by atoms with E-state index >= 15 is 0 Å². The predicted molar refractivity (Wildman–Crippen MR) is 82.5 cm³/mol. The van der Waals surface area contributed by atoms with Crippen molar-refractivity contribution in [3.8, 4) is 0 Å². The molecule has 1 N–H and O–H groups in total. The third-order valence-electron chi connectivity index (χ3n) is 3.80. The molecule has 0 saturated carbocycles. The molecule has 0 spiro atoms. The van der Waals surface area contributed by atoms with Gasteiger partial charge in [0.1, 0.15) is 0 Å².